The molecule has 6 heteroatoms. The number of hydrogen-bond donors (Lipinski definition) is 2. The van der Waals surface area contributed by atoms with Gasteiger partial charge in [-0.25, -0.2) is 4.39 Å². The van der Waals surface area contributed by atoms with Crippen LogP contribution in [0.25, 0.3) is 0 Å². The summed E-state index contributed by atoms with van der Waals surface area (Å²) in [7, 11) is 3.40. The number of hydrogen-bond acceptors (Lipinski definition) is 5. The maximum atomic E-state index is 13.3. The van der Waals surface area contributed by atoms with Gasteiger partial charge in [-0.1, -0.05) is 6.07 Å². The summed E-state index contributed by atoms with van der Waals surface area (Å²) in [6, 6.07) is 4.41. The standard InChI is InChI=1S/C15H24FNO4/c1-11(17-2)14-5-4-12(16)8-15(14)21-10-13(18)9-20-7-6-19-3/h4-5,8,11,13,17-18H,6-7,9-10H2,1-3H3. The monoisotopic (exact) mass is 301 g/mol. The van der Waals surface area contributed by atoms with Crippen molar-refractivity contribution in [3.63, 3.8) is 0 Å². The SMILES string of the molecule is CNC(C)c1ccc(F)cc1OCC(O)COCCOC. The lowest BCUT2D eigenvalue weighted by Crippen LogP contribution is -2.25. The summed E-state index contributed by atoms with van der Waals surface area (Å²) in [5.41, 5.74) is 0.839. The van der Waals surface area contributed by atoms with E-state index in [-0.39, 0.29) is 25.1 Å². The topological polar surface area (TPSA) is 60.0 Å². The molecule has 0 aliphatic carbocycles. The largest absolute Gasteiger partial charge is 0.490 e. The number of aliphatic hydroxyl groups is 1. The molecule has 0 bridgehead atoms. The van der Waals surface area contributed by atoms with E-state index in [1.54, 1.807) is 13.2 Å². The third-order valence-electron chi connectivity index (χ3n) is 3.05. The molecule has 21 heavy (non-hydrogen) atoms. The second-order valence-electron chi connectivity index (χ2n) is 4.73. The Bertz CT molecular complexity index is 417. The molecule has 5 nitrogen and oxygen atoms in total. The predicted octanol–water partition coefficient (Wildman–Crippen LogP) is 1.51. The van der Waals surface area contributed by atoms with E-state index in [2.05, 4.69) is 5.32 Å². The summed E-state index contributed by atoms with van der Waals surface area (Å²) < 4.78 is 28.9. The summed E-state index contributed by atoms with van der Waals surface area (Å²) >= 11 is 0. The zero-order chi connectivity index (χ0) is 15.7. The van der Waals surface area contributed by atoms with E-state index in [0.717, 1.165) is 5.56 Å². The molecule has 0 amide bonds. The summed E-state index contributed by atoms with van der Waals surface area (Å²) in [6.45, 7) is 3.02. The molecule has 0 saturated heterocycles. The van der Waals surface area contributed by atoms with Gasteiger partial charge in [-0.05, 0) is 20.0 Å². The van der Waals surface area contributed by atoms with Crippen LogP contribution >= 0.6 is 0 Å². The number of nitrogens with one attached hydrogen (secondary N) is 1. The van der Waals surface area contributed by atoms with Gasteiger partial charge >= 0.3 is 0 Å². The molecule has 2 atom stereocenters. The van der Waals surface area contributed by atoms with Crippen molar-refractivity contribution in [3.05, 3.63) is 29.6 Å². The van der Waals surface area contributed by atoms with Gasteiger partial charge in [0.2, 0.25) is 0 Å². The average molecular weight is 301 g/mol. The fourth-order valence-corrected chi connectivity index (χ4v) is 1.74. The van der Waals surface area contributed by atoms with Crippen molar-refractivity contribution in [1.29, 1.82) is 0 Å². The molecule has 1 aromatic rings. The van der Waals surface area contributed by atoms with E-state index in [4.69, 9.17) is 14.2 Å². The van der Waals surface area contributed by atoms with Gasteiger partial charge in [0.25, 0.3) is 0 Å². The third-order valence-corrected chi connectivity index (χ3v) is 3.05. The second-order valence-corrected chi connectivity index (χ2v) is 4.73. The van der Waals surface area contributed by atoms with E-state index in [9.17, 15) is 9.50 Å². The van der Waals surface area contributed by atoms with Gasteiger partial charge in [0.1, 0.15) is 24.3 Å². The molecule has 0 heterocycles. The number of methoxy groups -OCH3 is 1. The summed E-state index contributed by atoms with van der Waals surface area (Å²) in [5, 5.41) is 12.8. The first-order valence-corrected chi connectivity index (χ1v) is 6.92. The number of rotatable bonds is 10. The first-order chi connectivity index (χ1) is 10.1. The van der Waals surface area contributed by atoms with Gasteiger partial charge in [0, 0.05) is 24.8 Å². The van der Waals surface area contributed by atoms with E-state index >= 15 is 0 Å². The van der Waals surface area contributed by atoms with Gasteiger partial charge in [0.15, 0.2) is 0 Å². The highest BCUT2D eigenvalue weighted by molar-refractivity contribution is 5.36. The number of aliphatic hydroxyl groups excluding tert-OH is 1. The van der Waals surface area contributed by atoms with E-state index in [0.29, 0.717) is 19.0 Å². The van der Waals surface area contributed by atoms with E-state index in [1.165, 1.54) is 12.1 Å². The fraction of sp³-hybridized carbons (Fsp3) is 0.600. The Hall–Kier alpha value is -1.21. The minimum atomic E-state index is -0.775. The summed E-state index contributed by atoms with van der Waals surface area (Å²) in [6.07, 6.45) is -0.775. The lowest BCUT2D eigenvalue weighted by Gasteiger charge is -2.18. The van der Waals surface area contributed by atoms with Crippen LogP contribution in [-0.2, 0) is 9.47 Å². The Morgan fingerprint density at radius 2 is 2.05 bits per heavy atom. The normalized spacial score (nSPS) is 14.0. The van der Waals surface area contributed by atoms with Crippen LogP contribution in [0.4, 0.5) is 4.39 Å². The summed E-state index contributed by atoms with van der Waals surface area (Å²) in [5.74, 6) is 0.0516. The minimum Gasteiger partial charge on any atom is -0.490 e. The van der Waals surface area contributed by atoms with Crippen LogP contribution in [0.15, 0.2) is 18.2 Å². The van der Waals surface area contributed by atoms with E-state index < -0.39 is 6.10 Å². The Kier molecular flexibility index (Phi) is 8.22. The smallest absolute Gasteiger partial charge is 0.127 e. The highest BCUT2D eigenvalue weighted by Gasteiger charge is 2.13. The van der Waals surface area contributed by atoms with Crippen LogP contribution in [0.5, 0.6) is 5.75 Å². The van der Waals surface area contributed by atoms with Crippen molar-refractivity contribution < 1.29 is 23.7 Å². The molecule has 0 radical (unpaired) electrons. The maximum absolute atomic E-state index is 13.3. The molecule has 1 aromatic carbocycles. The third kappa shape index (κ3) is 6.39. The van der Waals surface area contributed by atoms with Gasteiger partial charge in [-0.2, -0.15) is 0 Å². The zero-order valence-corrected chi connectivity index (χ0v) is 12.8. The maximum Gasteiger partial charge on any atom is 0.127 e. The molecule has 0 fully saturated rings. The van der Waals surface area contributed by atoms with Crippen molar-refractivity contribution in [3.8, 4) is 5.75 Å². The van der Waals surface area contributed by atoms with Crippen LogP contribution in [0, 0.1) is 5.82 Å². The van der Waals surface area contributed by atoms with Crippen molar-refractivity contribution >= 4 is 0 Å². The predicted molar refractivity (Wildman–Crippen MR) is 78.1 cm³/mol. The number of benzene rings is 1. The second kappa shape index (κ2) is 9.68. The number of ether oxygens (including phenoxy) is 3. The molecular formula is C15H24FNO4. The Morgan fingerprint density at radius 3 is 2.71 bits per heavy atom. The minimum absolute atomic E-state index is 0.0238. The molecule has 120 valence electrons. The average Bonchev–Trinajstić information content (AvgIpc) is 2.49. The Labute approximate surface area is 125 Å². The zero-order valence-electron chi connectivity index (χ0n) is 12.8. The van der Waals surface area contributed by atoms with Crippen LogP contribution < -0.4 is 10.1 Å². The quantitative estimate of drug-likeness (QED) is 0.642. The van der Waals surface area contributed by atoms with Crippen LogP contribution in [0.3, 0.4) is 0 Å². The van der Waals surface area contributed by atoms with Crippen molar-refractivity contribution in [2.24, 2.45) is 0 Å². The van der Waals surface area contributed by atoms with Gasteiger partial charge in [-0.3, -0.25) is 0 Å². The van der Waals surface area contributed by atoms with Crippen LogP contribution in [0.2, 0.25) is 0 Å². The van der Waals surface area contributed by atoms with Crippen LogP contribution in [-0.4, -0.2) is 51.8 Å². The van der Waals surface area contributed by atoms with Crippen LogP contribution in [0.1, 0.15) is 18.5 Å². The molecule has 0 aromatic heterocycles. The molecule has 2 N–H and O–H groups in total. The number of halogens is 1. The molecule has 0 aliphatic rings. The van der Waals surface area contributed by atoms with Gasteiger partial charge < -0.3 is 24.6 Å². The first-order valence-electron chi connectivity index (χ1n) is 6.92. The summed E-state index contributed by atoms with van der Waals surface area (Å²) in [4.78, 5) is 0. The van der Waals surface area contributed by atoms with Crippen molar-refractivity contribution in [1.82, 2.24) is 5.32 Å². The molecule has 2 unspecified atom stereocenters. The molecular weight excluding hydrogens is 277 g/mol. The molecule has 0 saturated carbocycles. The van der Waals surface area contributed by atoms with Gasteiger partial charge in [0.05, 0.1) is 19.8 Å². The fourth-order valence-electron chi connectivity index (χ4n) is 1.74. The Morgan fingerprint density at radius 1 is 1.29 bits per heavy atom. The van der Waals surface area contributed by atoms with Gasteiger partial charge in [-0.15, -0.1) is 0 Å². The lowest BCUT2D eigenvalue weighted by atomic mass is 10.1. The lowest BCUT2D eigenvalue weighted by molar-refractivity contribution is -0.00441. The highest BCUT2D eigenvalue weighted by atomic mass is 19.1. The molecule has 1 rings (SSSR count). The molecule has 0 aliphatic heterocycles. The van der Waals surface area contributed by atoms with Crippen molar-refractivity contribution in [2.45, 2.75) is 19.1 Å². The van der Waals surface area contributed by atoms with Crippen molar-refractivity contribution in [2.75, 3.05) is 40.6 Å². The molecule has 0 spiro atoms. The Balaban J connectivity index is 2.51. The van der Waals surface area contributed by atoms with E-state index in [1.807, 2.05) is 14.0 Å². The first kappa shape index (κ1) is 17.8. The highest BCUT2D eigenvalue weighted by Crippen LogP contribution is 2.26.